The van der Waals surface area contributed by atoms with Crippen LogP contribution in [0.4, 0.5) is 0 Å². The average molecular weight is 573 g/mol. The van der Waals surface area contributed by atoms with E-state index in [4.69, 9.17) is 33.9 Å². The van der Waals surface area contributed by atoms with E-state index in [9.17, 15) is 9.59 Å². The van der Waals surface area contributed by atoms with Gasteiger partial charge in [0.1, 0.15) is 50.3 Å². The molecule has 1 atom stereocenters. The third-order valence-electron chi connectivity index (χ3n) is 6.28. The van der Waals surface area contributed by atoms with Crippen LogP contribution in [0.15, 0.2) is 54.6 Å². The van der Waals surface area contributed by atoms with E-state index in [1.165, 1.54) is 19.3 Å². The van der Waals surface area contributed by atoms with E-state index in [2.05, 4.69) is 13.5 Å². The number of ether oxygens (including phenoxy) is 5. The van der Waals surface area contributed by atoms with Crippen molar-refractivity contribution in [2.24, 2.45) is 5.92 Å². The quantitative estimate of drug-likeness (QED) is 0.123. The number of carbonyl (C=O) groups excluding carboxylic acids is 2. The molecule has 0 aliphatic rings. The molecule has 0 heterocycles. The van der Waals surface area contributed by atoms with Gasteiger partial charge in [0.15, 0.2) is 0 Å². The van der Waals surface area contributed by atoms with Crippen molar-refractivity contribution in [2.75, 3.05) is 39.6 Å². The first-order chi connectivity index (χ1) is 19.9. The highest BCUT2D eigenvalue weighted by Crippen LogP contribution is 2.24. The van der Waals surface area contributed by atoms with E-state index >= 15 is 0 Å². The Hall–Kier alpha value is -3.56. The molecule has 0 amide bonds. The lowest BCUT2D eigenvalue weighted by atomic mass is 10.0. The standard InChI is InChI=1S/C32H44O9/c1-4-5-6-7-8-9-26-20-30(38-17-19-40-32(36)25(3)22-34)11-10-27(26)23-41-29-14-12-28(13-15-29)37-16-18-39-31(35)24(2)21-33/h10-15,20,25,33-34H,2,4-9,16-19,21-23H2,1,3H3. The van der Waals surface area contributed by atoms with Crippen LogP contribution in [-0.2, 0) is 32.1 Å². The van der Waals surface area contributed by atoms with Crippen molar-refractivity contribution < 1.29 is 43.5 Å². The summed E-state index contributed by atoms with van der Waals surface area (Å²) in [5, 5.41) is 17.9. The number of aliphatic hydroxyl groups excluding tert-OH is 2. The van der Waals surface area contributed by atoms with Gasteiger partial charge in [-0.15, -0.1) is 0 Å². The lowest BCUT2D eigenvalue weighted by Gasteiger charge is -2.15. The van der Waals surface area contributed by atoms with E-state index in [0.717, 1.165) is 30.4 Å². The first-order valence-electron chi connectivity index (χ1n) is 14.2. The third-order valence-corrected chi connectivity index (χ3v) is 6.28. The Bertz CT molecular complexity index is 1070. The molecular weight excluding hydrogens is 528 g/mol. The molecule has 1 unspecified atom stereocenters. The van der Waals surface area contributed by atoms with Crippen molar-refractivity contribution in [1.82, 2.24) is 0 Å². The van der Waals surface area contributed by atoms with Gasteiger partial charge in [0.2, 0.25) is 0 Å². The summed E-state index contributed by atoms with van der Waals surface area (Å²) in [6.45, 7) is 7.50. The minimum absolute atomic E-state index is 0.000560. The summed E-state index contributed by atoms with van der Waals surface area (Å²) in [6, 6.07) is 13.1. The van der Waals surface area contributed by atoms with Crippen LogP contribution in [-0.4, -0.2) is 61.8 Å². The van der Waals surface area contributed by atoms with Crippen molar-refractivity contribution in [3.05, 3.63) is 65.7 Å². The van der Waals surface area contributed by atoms with Gasteiger partial charge < -0.3 is 33.9 Å². The third kappa shape index (κ3) is 13.1. The zero-order chi connectivity index (χ0) is 29.9. The normalized spacial score (nSPS) is 11.4. The first kappa shape index (κ1) is 33.6. The summed E-state index contributed by atoms with van der Waals surface area (Å²) in [5.41, 5.74) is 2.23. The van der Waals surface area contributed by atoms with Gasteiger partial charge in [-0.3, -0.25) is 4.79 Å². The van der Waals surface area contributed by atoms with Crippen molar-refractivity contribution in [2.45, 2.75) is 59.0 Å². The summed E-state index contributed by atoms with van der Waals surface area (Å²) >= 11 is 0. The van der Waals surface area contributed by atoms with Crippen LogP contribution in [0.25, 0.3) is 0 Å². The number of hydrogen-bond acceptors (Lipinski definition) is 9. The fourth-order valence-electron chi connectivity index (χ4n) is 3.76. The number of benzene rings is 2. The van der Waals surface area contributed by atoms with E-state index < -0.39 is 24.5 Å². The van der Waals surface area contributed by atoms with E-state index in [-0.39, 0.29) is 38.6 Å². The van der Waals surface area contributed by atoms with Crippen molar-refractivity contribution >= 4 is 11.9 Å². The molecule has 0 aliphatic heterocycles. The van der Waals surface area contributed by atoms with Gasteiger partial charge in [-0.05, 0) is 67.3 Å². The molecule has 0 bridgehead atoms. The van der Waals surface area contributed by atoms with Gasteiger partial charge in [-0.1, -0.05) is 45.3 Å². The lowest BCUT2D eigenvalue weighted by molar-refractivity contribution is -0.150. The minimum Gasteiger partial charge on any atom is -0.490 e. The summed E-state index contributed by atoms with van der Waals surface area (Å²) in [7, 11) is 0. The minimum atomic E-state index is -0.644. The molecule has 0 fully saturated rings. The lowest BCUT2D eigenvalue weighted by Crippen LogP contribution is -2.20. The molecule has 0 aliphatic carbocycles. The highest BCUT2D eigenvalue weighted by molar-refractivity contribution is 5.87. The van der Waals surface area contributed by atoms with Crippen LogP contribution < -0.4 is 14.2 Å². The Morgan fingerprint density at radius 1 is 0.780 bits per heavy atom. The van der Waals surface area contributed by atoms with Crippen molar-refractivity contribution in [3.8, 4) is 17.2 Å². The molecule has 2 aromatic rings. The molecule has 9 nitrogen and oxygen atoms in total. The average Bonchev–Trinajstić information content (AvgIpc) is 3.00. The summed E-state index contributed by atoms with van der Waals surface area (Å²) in [5.74, 6) is 0.372. The maximum absolute atomic E-state index is 11.7. The zero-order valence-corrected chi connectivity index (χ0v) is 24.3. The fourth-order valence-corrected chi connectivity index (χ4v) is 3.76. The molecular formula is C32H44O9. The van der Waals surface area contributed by atoms with Crippen LogP contribution >= 0.6 is 0 Å². The van der Waals surface area contributed by atoms with Crippen LogP contribution in [0.1, 0.15) is 57.1 Å². The molecule has 0 radical (unpaired) electrons. The maximum atomic E-state index is 11.7. The topological polar surface area (TPSA) is 121 Å². The largest absolute Gasteiger partial charge is 0.490 e. The molecule has 41 heavy (non-hydrogen) atoms. The Morgan fingerprint density at radius 2 is 1.39 bits per heavy atom. The molecule has 2 N–H and O–H groups in total. The molecule has 0 aromatic heterocycles. The highest BCUT2D eigenvalue weighted by Gasteiger charge is 2.13. The van der Waals surface area contributed by atoms with E-state index in [0.29, 0.717) is 23.9 Å². The van der Waals surface area contributed by atoms with Crippen molar-refractivity contribution in [3.63, 3.8) is 0 Å². The second-order valence-electron chi connectivity index (χ2n) is 9.70. The smallest absolute Gasteiger partial charge is 0.335 e. The molecule has 2 aromatic carbocycles. The number of rotatable bonds is 21. The number of carbonyl (C=O) groups is 2. The zero-order valence-electron chi connectivity index (χ0n) is 24.3. The van der Waals surface area contributed by atoms with Crippen LogP contribution in [0.5, 0.6) is 17.2 Å². The Morgan fingerprint density at radius 3 is 2.05 bits per heavy atom. The van der Waals surface area contributed by atoms with Gasteiger partial charge in [-0.25, -0.2) is 4.79 Å². The SMILES string of the molecule is C=C(CO)C(=O)OCCOc1ccc(OCc2ccc(OCCOC(=O)C(C)CO)cc2CCCCCCC)cc1. The van der Waals surface area contributed by atoms with Gasteiger partial charge in [0.25, 0.3) is 0 Å². The van der Waals surface area contributed by atoms with Crippen LogP contribution in [0.3, 0.4) is 0 Å². The predicted molar refractivity (Wildman–Crippen MR) is 155 cm³/mol. The number of aliphatic hydroxyl groups is 2. The Balaban J connectivity index is 1.89. The Labute approximate surface area is 243 Å². The van der Waals surface area contributed by atoms with E-state index in [1.54, 1.807) is 19.1 Å². The van der Waals surface area contributed by atoms with Crippen LogP contribution in [0, 0.1) is 5.92 Å². The predicted octanol–water partition coefficient (Wildman–Crippen LogP) is 4.80. The number of hydrogen-bond donors (Lipinski definition) is 2. The fraction of sp³-hybridized carbons (Fsp3) is 0.500. The molecule has 9 heteroatoms. The molecule has 0 saturated heterocycles. The van der Waals surface area contributed by atoms with Gasteiger partial charge in [0, 0.05) is 0 Å². The number of aryl methyl sites for hydroxylation is 1. The Kier molecular flexibility index (Phi) is 16.0. The summed E-state index contributed by atoms with van der Waals surface area (Å²) in [6.07, 6.45) is 6.79. The van der Waals surface area contributed by atoms with Gasteiger partial charge >= 0.3 is 11.9 Å². The highest BCUT2D eigenvalue weighted by atomic mass is 16.6. The van der Waals surface area contributed by atoms with Crippen LogP contribution in [0.2, 0.25) is 0 Å². The maximum Gasteiger partial charge on any atom is 0.335 e. The van der Waals surface area contributed by atoms with Gasteiger partial charge in [-0.2, -0.15) is 0 Å². The van der Waals surface area contributed by atoms with Gasteiger partial charge in [0.05, 0.1) is 24.7 Å². The molecule has 0 saturated carbocycles. The van der Waals surface area contributed by atoms with Crippen molar-refractivity contribution in [1.29, 1.82) is 0 Å². The summed E-state index contributed by atoms with van der Waals surface area (Å²) < 4.78 is 27.5. The molecule has 0 spiro atoms. The second-order valence-corrected chi connectivity index (χ2v) is 9.70. The number of unbranched alkanes of at least 4 members (excludes halogenated alkanes) is 4. The monoisotopic (exact) mass is 572 g/mol. The first-order valence-corrected chi connectivity index (χ1v) is 14.2. The number of esters is 2. The van der Waals surface area contributed by atoms with E-state index in [1.807, 2.05) is 30.3 Å². The summed E-state index contributed by atoms with van der Waals surface area (Å²) in [4.78, 5) is 23.2. The second kappa shape index (κ2) is 19.5. The molecule has 226 valence electrons. The molecule has 2 rings (SSSR count).